The van der Waals surface area contributed by atoms with Crippen LogP contribution in [0, 0.1) is 0 Å². The van der Waals surface area contributed by atoms with E-state index in [2.05, 4.69) is 10.2 Å². The van der Waals surface area contributed by atoms with Crippen LogP contribution in [0.25, 0.3) is 6.08 Å². The number of amides is 2. The van der Waals surface area contributed by atoms with Crippen molar-refractivity contribution in [3.05, 3.63) is 66.2 Å². The first-order valence-electron chi connectivity index (χ1n) is 9.32. The Bertz CT molecular complexity index is 813. The molecule has 2 amide bonds. The number of carbonyl (C=O) groups excluding carboxylic acids is 2. The van der Waals surface area contributed by atoms with Gasteiger partial charge in [0.15, 0.2) is 0 Å². The van der Waals surface area contributed by atoms with Gasteiger partial charge in [-0.2, -0.15) is 0 Å². The molecule has 6 nitrogen and oxygen atoms in total. The summed E-state index contributed by atoms with van der Waals surface area (Å²) in [5.41, 5.74) is 2.76. The van der Waals surface area contributed by atoms with Crippen molar-refractivity contribution in [1.82, 2.24) is 4.90 Å². The Balaban J connectivity index is 1.49. The van der Waals surface area contributed by atoms with Gasteiger partial charge in [0.2, 0.25) is 11.8 Å². The minimum atomic E-state index is -0.233. The predicted octanol–water partition coefficient (Wildman–Crippen LogP) is 2.63. The first kappa shape index (κ1) is 19.6. The molecule has 0 unspecified atom stereocenters. The smallest absolute Gasteiger partial charge is 0.246 e. The quantitative estimate of drug-likeness (QED) is 0.784. The number of nitrogens with zero attached hydrogens (tertiary/aromatic N) is 2. The first-order valence-corrected chi connectivity index (χ1v) is 9.32. The van der Waals surface area contributed by atoms with Crippen LogP contribution < -0.4 is 10.2 Å². The van der Waals surface area contributed by atoms with Crippen molar-refractivity contribution < 1.29 is 14.3 Å². The van der Waals surface area contributed by atoms with Crippen molar-refractivity contribution in [2.45, 2.75) is 0 Å². The van der Waals surface area contributed by atoms with E-state index < -0.39 is 0 Å². The van der Waals surface area contributed by atoms with Crippen LogP contribution in [0.15, 0.2) is 60.7 Å². The molecule has 0 radical (unpaired) electrons. The molecule has 1 N–H and O–H groups in total. The Morgan fingerprint density at radius 1 is 1.07 bits per heavy atom. The molecule has 0 saturated carbocycles. The lowest BCUT2D eigenvalue weighted by atomic mass is 10.2. The predicted molar refractivity (Wildman–Crippen MR) is 111 cm³/mol. The van der Waals surface area contributed by atoms with Gasteiger partial charge in [-0.15, -0.1) is 0 Å². The third kappa shape index (κ3) is 5.69. The average Bonchev–Trinajstić information content (AvgIpc) is 2.74. The second kappa shape index (κ2) is 9.71. The van der Waals surface area contributed by atoms with Crippen molar-refractivity contribution in [3.8, 4) is 0 Å². The van der Waals surface area contributed by atoms with Crippen LogP contribution in [0.3, 0.4) is 0 Å². The van der Waals surface area contributed by atoms with E-state index in [1.54, 1.807) is 13.1 Å². The third-order valence-corrected chi connectivity index (χ3v) is 4.50. The molecule has 0 aliphatic carbocycles. The number of hydrogen-bond acceptors (Lipinski definition) is 4. The van der Waals surface area contributed by atoms with E-state index in [9.17, 15) is 9.59 Å². The molecule has 0 atom stereocenters. The maximum absolute atomic E-state index is 12.2. The van der Waals surface area contributed by atoms with E-state index >= 15 is 0 Å². The molecule has 1 aliphatic heterocycles. The van der Waals surface area contributed by atoms with Crippen LogP contribution in [-0.2, 0) is 14.3 Å². The van der Waals surface area contributed by atoms with Crippen LogP contribution in [0.5, 0.6) is 0 Å². The van der Waals surface area contributed by atoms with Gasteiger partial charge in [0, 0.05) is 37.6 Å². The van der Waals surface area contributed by atoms with Crippen molar-refractivity contribution in [2.24, 2.45) is 0 Å². The molecule has 1 saturated heterocycles. The highest BCUT2D eigenvalue weighted by atomic mass is 16.5. The van der Waals surface area contributed by atoms with Gasteiger partial charge in [-0.3, -0.25) is 9.59 Å². The van der Waals surface area contributed by atoms with E-state index in [1.165, 1.54) is 11.0 Å². The molecular weight excluding hydrogens is 354 g/mol. The summed E-state index contributed by atoms with van der Waals surface area (Å²) in [5.74, 6) is -0.454. The first-order chi connectivity index (χ1) is 13.6. The van der Waals surface area contributed by atoms with E-state index in [0.29, 0.717) is 5.69 Å². The lowest BCUT2D eigenvalue weighted by Gasteiger charge is -2.28. The zero-order valence-electron chi connectivity index (χ0n) is 16.0. The zero-order chi connectivity index (χ0) is 19.8. The van der Waals surface area contributed by atoms with Crippen LogP contribution in [0.4, 0.5) is 11.4 Å². The van der Waals surface area contributed by atoms with E-state index in [1.807, 2.05) is 54.6 Å². The SMILES string of the molecule is CN(CC(=O)Nc1ccc(N2CCOCC2)cc1)C(=O)/C=C/c1ccccc1. The lowest BCUT2D eigenvalue weighted by molar-refractivity contribution is -0.129. The molecule has 2 aromatic rings. The molecule has 146 valence electrons. The normalized spacial score (nSPS) is 14.1. The molecule has 0 bridgehead atoms. The highest BCUT2D eigenvalue weighted by Gasteiger charge is 2.13. The largest absolute Gasteiger partial charge is 0.378 e. The van der Waals surface area contributed by atoms with Gasteiger partial charge in [0.05, 0.1) is 19.8 Å². The Morgan fingerprint density at radius 3 is 2.43 bits per heavy atom. The van der Waals surface area contributed by atoms with Crippen LogP contribution >= 0.6 is 0 Å². The molecule has 6 heteroatoms. The molecule has 1 aliphatic rings. The number of nitrogens with one attached hydrogen (secondary N) is 1. The molecule has 1 fully saturated rings. The number of rotatable bonds is 6. The standard InChI is InChI=1S/C22H25N3O3/c1-24(22(27)12-7-18-5-3-2-4-6-18)17-21(26)23-19-8-10-20(11-9-19)25-13-15-28-16-14-25/h2-12H,13-17H2,1H3,(H,23,26)/b12-7+. The molecule has 1 heterocycles. The van der Waals surface area contributed by atoms with Crippen molar-refractivity contribution in [2.75, 3.05) is 50.1 Å². The maximum Gasteiger partial charge on any atom is 0.246 e. The average molecular weight is 379 g/mol. The van der Waals surface area contributed by atoms with Gasteiger partial charge in [0.1, 0.15) is 0 Å². The summed E-state index contributed by atoms with van der Waals surface area (Å²) in [6.45, 7) is 3.20. The number of morpholine rings is 1. The Kier molecular flexibility index (Phi) is 6.81. The number of carbonyl (C=O) groups is 2. The van der Waals surface area contributed by atoms with Crippen molar-refractivity contribution >= 4 is 29.3 Å². The molecule has 0 spiro atoms. The monoisotopic (exact) mass is 379 g/mol. The summed E-state index contributed by atoms with van der Waals surface area (Å²) in [6, 6.07) is 17.3. The maximum atomic E-state index is 12.2. The summed E-state index contributed by atoms with van der Waals surface area (Å²) in [4.78, 5) is 28.0. The minimum absolute atomic E-state index is 0.0107. The highest BCUT2D eigenvalue weighted by molar-refractivity contribution is 5.98. The topological polar surface area (TPSA) is 61.9 Å². The van der Waals surface area contributed by atoms with Gasteiger partial charge in [-0.25, -0.2) is 0 Å². The number of likely N-dealkylation sites (N-methyl/N-ethyl adjacent to an activating group) is 1. The Labute approximate surface area is 165 Å². The van der Waals surface area contributed by atoms with Gasteiger partial charge in [-0.1, -0.05) is 30.3 Å². The Hall–Kier alpha value is -3.12. The summed E-state index contributed by atoms with van der Waals surface area (Å²) in [7, 11) is 1.61. The van der Waals surface area contributed by atoms with Gasteiger partial charge in [0.25, 0.3) is 0 Å². The number of hydrogen-bond donors (Lipinski definition) is 1. The van der Waals surface area contributed by atoms with Crippen LogP contribution in [0.2, 0.25) is 0 Å². The third-order valence-electron chi connectivity index (χ3n) is 4.50. The van der Waals surface area contributed by atoms with Crippen LogP contribution in [0.1, 0.15) is 5.56 Å². The zero-order valence-corrected chi connectivity index (χ0v) is 16.0. The number of benzene rings is 2. The molecule has 2 aromatic carbocycles. The van der Waals surface area contributed by atoms with E-state index in [4.69, 9.17) is 4.74 Å². The van der Waals surface area contributed by atoms with Crippen LogP contribution in [-0.4, -0.2) is 56.6 Å². The fraction of sp³-hybridized carbons (Fsp3) is 0.273. The molecule has 28 heavy (non-hydrogen) atoms. The molecular formula is C22H25N3O3. The molecule has 3 rings (SSSR count). The molecule has 0 aromatic heterocycles. The summed E-state index contributed by atoms with van der Waals surface area (Å²) >= 11 is 0. The summed E-state index contributed by atoms with van der Waals surface area (Å²) in [6.07, 6.45) is 3.21. The fourth-order valence-corrected chi connectivity index (χ4v) is 2.93. The van der Waals surface area contributed by atoms with Crippen molar-refractivity contribution in [3.63, 3.8) is 0 Å². The minimum Gasteiger partial charge on any atom is -0.378 e. The second-order valence-electron chi connectivity index (χ2n) is 6.63. The van der Waals surface area contributed by atoms with Crippen molar-refractivity contribution in [1.29, 1.82) is 0 Å². The van der Waals surface area contributed by atoms with E-state index in [-0.39, 0.29) is 18.4 Å². The number of ether oxygens (including phenoxy) is 1. The summed E-state index contributed by atoms with van der Waals surface area (Å²) < 4.78 is 5.36. The van der Waals surface area contributed by atoms with Gasteiger partial charge in [-0.05, 0) is 35.9 Å². The van der Waals surface area contributed by atoms with Gasteiger partial charge >= 0.3 is 0 Å². The summed E-state index contributed by atoms with van der Waals surface area (Å²) in [5, 5.41) is 2.83. The van der Waals surface area contributed by atoms with Gasteiger partial charge < -0.3 is 19.9 Å². The Morgan fingerprint density at radius 2 is 1.75 bits per heavy atom. The fourth-order valence-electron chi connectivity index (χ4n) is 2.93. The highest BCUT2D eigenvalue weighted by Crippen LogP contribution is 2.19. The lowest BCUT2D eigenvalue weighted by Crippen LogP contribution is -2.36. The number of anilines is 2. The second-order valence-corrected chi connectivity index (χ2v) is 6.63. The van der Waals surface area contributed by atoms with E-state index in [0.717, 1.165) is 37.6 Å².